The highest BCUT2D eigenvalue weighted by Crippen LogP contribution is 2.47. The van der Waals surface area contributed by atoms with Crippen LogP contribution < -0.4 is 0 Å². The standard InChI is InChI=1S/C14H17BrOS/c15-9-14(5-6-16-10-14)7-11-8-17-13-4-2-1-3-12(11)13/h1-4,11H,5-10H2. The van der Waals surface area contributed by atoms with Crippen molar-refractivity contribution < 1.29 is 4.74 Å². The smallest absolute Gasteiger partial charge is 0.0531 e. The number of hydrogen-bond donors (Lipinski definition) is 0. The van der Waals surface area contributed by atoms with Crippen LogP contribution >= 0.6 is 27.7 Å². The Kier molecular flexibility index (Phi) is 3.51. The lowest BCUT2D eigenvalue weighted by atomic mass is 9.79. The average Bonchev–Trinajstić information content (AvgIpc) is 2.99. The van der Waals surface area contributed by atoms with Gasteiger partial charge in [-0.1, -0.05) is 34.1 Å². The summed E-state index contributed by atoms with van der Waals surface area (Å²) in [6.07, 6.45) is 2.48. The van der Waals surface area contributed by atoms with Gasteiger partial charge < -0.3 is 4.74 Å². The predicted molar refractivity (Wildman–Crippen MR) is 76.2 cm³/mol. The maximum Gasteiger partial charge on any atom is 0.0531 e. The van der Waals surface area contributed by atoms with E-state index in [1.807, 2.05) is 11.8 Å². The van der Waals surface area contributed by atoms with Gasteiger partial charge in [0.1, 0.15) is 0 Å². The molecule has 3 heteroatoms. The van der Waals surface area contributed by atoms with Gasteiger partial charge in [-0.15, -0.1) is 11.8 Å². The van der Waals surface area contributed by atoms with E-state index in [0.717, 1.165) is 24.5 Å². The third kappa shape index (κ3) is 2.29. The maximum absolute atomic E-state index is 5.61. The molecular formula is C14H17BrOS. The highest BCUT2D eigenvalue weighted by molar-refractivity contribution is 9.09. The summed E-state index contributed by atoms with van der Waals surface area (Å²) in [6.45, 7) is 1.87. The van der Waals surface area contributed by atoms with Crippen LogP contribution in [0.3, 0.4) is 0 Å². The van der Waals surface area contributed by atoms with Gasteiger partial charge >= 0.3 is 0 Å². The molecule has 0 aromatic heterocycles. The Bertz CT molecular complexity index is 401. The molecule has 1 fully saturated rings. The number of rotatable bonds is 3. The lowest BCUT2D eigenvalue weighted by Gasteiger charge is -2.28. The molecule has 0 amide bonds. The molecule has 1 aromatic carbocycles. The topological polar surface area (TPSA) is 9.23 Å². The highest BCUT2D eigenvalue weighted by atomic mass is 79.9. The van der Waals surface area contributed by atoms with E-state index >= 15 is 0 Å². The summed E-state index contributed by atoms with van der Waals surface area (Å²) in [5.41, 5.74) is 1.94. The Morgan fingerprint density at radius 3 is 3.06 bits per heavy atom. The van der Waals surface area contributed by atoms with Crippen LogP contribution in [0.4, 0.5) is 0 Å². The van der Waals surface area contributed by atoms with Gasteiger partial charge in [-0.2, -0.15) is 0 Å². The zero-order chi connectivity index (χ0) is 11.7. The minimum absolute atomic E-state index is 0.378. The van der Waals surface area contributed by atoms with Gasteiger partial charge in [-0.05, 0) is 30.4 Å². The van der Waals surface area contributed by atoms with E-state index in [2.05, 4.69) is 40.2 Å². The fourth-order valence-electron chi connectivity index (χ4n) is 2.89. The number of ether oxygens (including phenoxy) is 1. The molecule has 0 bridgehead atoms. The van der Waals surface area contributed by atoms with Crippen LogP contribution in [0, 0.1) is 5.41 Å². The van der Waals surface area contributed by atoms with Crippen LogP contribution in [0.1, 0.15) is 24.3 Å². The molecule has 1 aromatic rings. The van der Waals surface area contributed by atoms with Crippen LogP contribution in [0.2, 0.25) is 0 Å². The molecule has 0 spiro atoms. The number of hydrogen-bond acceptors (Lipinski definition) is 2. The van der Waals surface area contributed by atoms with Crippen molar-refractivity contribution in [3.63, 3.8) is 0 Å². The summed E-state index contributed by atoms with van der Waals surface area (Å²) >= 11 is 5.71. The van der Waals surface area contributed by atoms with Crippen LogP contribution in [-0.2, 0) is 4.74 Å². The normalized spacial score (nSPS) is 31.7. The molecule has 0 aliphatic carbocycles. The van der Waals surface area contributed by atoms with Crippen molar-refractivity contribution in [1.82, 2.24) is 0 Å². The van der Waals surface area contributed by atoms with E-state index < -0.39 is 0 Å². The highest BCUT2D eigenvalue weighted by Gasteiger charge is 2.38. The van der Waals surface area contributed by atoms with Crippen molar-refractivity contribution in [1.29, 1.82) is 0 Å². The molecule has 0 radical (unpaired) electrons. The lowest BCUT2D eigenvalue weighted by Crippen LogP contribution is -2.25. The Balaban J connectivity index is 1.79. The van der Waals surface area contributed by atoms with Gasteiger partial charge in [-0.25, -0.2) is 0 Å². The molecule has 3 rings (SSSR count). The number of alkyl halides is 1. The molecular weight excluding hydrogens is 296 g/mol. The zero-order valence-corrected chi connectivity index (χ0v) is 12.2. The molecule has 2 heterocycles. The lowest BCUT2D eigenvalue weighted by molar-refractivity contribution is 0.154. The first-order chi connectivity index (χ1) is 8.33. The monoisotopic (exact) mass is 312 g/mol. The zero-order valence-electron chi connectivity index (χ0n) is 9.82. The first-order valence-electron chi connectivity index (χ1n) is 6.18. The second-order valence-corrected chi connectivity index (χ2v) is 6.81. The summed E-state index contributed by atoms with van der Waals surface area (Å²) in [5, 5.41) is 1.07. The van der Waals surface area contributed by atoms with E-state index in [1.54, 1.807) is 5.56 Å². The van der Waals surface area contributed by atoms with Gasteiger partial charge in [0.15, 0.2) is 0 Å². The van der Waals surface area contributed by atoms with E-state index in [1.165, 1.54) is 23.5 Å². The Morgan fingerprint density at radius 1 is 1.41 bits per heavy atom. The minimum Gasteiger partial charge on any atom is -0.381 e. The minimum atomic E-state index is 0.378. The van der Waals surface area contributed by atoms with Gasteiger partial charge in [0, 0.05) is 28.0 Å². The van der Waals surface area contributed by atoms with Crippen molar-refractivity contribution in [3.05, 3.63) is 29.8 Å². The van der Waals surface area contributed by atoms with Crippen LogP contribution in [0.5, 0.6) is 0 Å². The van der Waals surface area contributed by atoms with Crippen molar-refractivity contribution >= 4 is 27.7 Å². The molecule has 2 aliphatic rings. The molecule has 1 nitrogen and oxygen atoms in total. The Hall–Kier alpha value is 0.01000. The summed E-state index contributed by atoms with van der Waals surface area (Å²) in [7, 11) is 0. The molecule has 2 atom stereocenters. The third-order valence-corrected chi connectivity index (χ3v) is 6.39. The first-order valence-corrected chi connectivity index (χ1v) is 8.29. The second kappa shape index (κ2) is 4.94. The van der Waals surface area contributed by atoms with Crippen molar-refractivity contribution in [2.45, 2.75) is 23.7 Å². The number of thioether (sulfide) groups is 1. The summed E-state index contributed by atoms with van der Waals surface area (Å²) < 4.78 is 5.61. The largest absolute Gasteiger partial charge is 0.381 e. The van der Waals surface area contributed by atoms with Crippen molar-refractivity contribution in [2.24, 2.45) is 5.41 Å². The molecule has 2 aliphatic heterocycles. The van der Waals surface area contributed by atoms with Crippen molar-refractivity contribution in [2.75, 3.05) is 24.3 Å². The van der Waals surface area contributed by atoms with Crippen LogP contribution in [0.15, 0.2) is 29.2 Å². The molecule has 2 unspecified atom stereocenters. The fraction of sp³-hybridized carbons (Fsp3) is 0.571. The Morgan fingerprint density at radius 2 is 2.29 bits per heavy atom. The quantitative estimate of drug-likeness (QED) is 0.778. The predicted octanol–water partition coefficient (Wildman–Crippen LogP) is 4.07. The first kappa shape index (κ1) is 12.1. The van der Waals surface area contributed by atoms with Crippen LogP contribution in [-0.4, -0.2) is 24.3 Å². The van der Waals surface area contributed by atoms with Gasteiger partial charge in [0.05, 0.1) is 6.61 Å². The second-order valence-electron chi connectivity index (χ2n) is 5.19. The summed E-state index contributed by atoms with van der Waals surface area (Å²) in [4.78, 5) is 1.49. The van der Waals surface area contributed by atoms with Crippen LogP contribution in [0.25, 0.3) is 0 Å². The van der Waals surface area contributed by atoms with E-state index in [4.69, 9.17) is 4.74 Å². The summed E-state index contributed by atoms with van der Waals surface area (Å²) in [6, 6.07) is 8.88. The van der Waals surface area contributed by atoms with E-state index in [-0.39, 0.29) is 0 Å². The van der Waals surface area contributed by atoms with Gasteiger partial charge in [0.25, 0.3) is 0 Å². The number of halogens is 1. The van der Waals surface area contributed by atoms with Gasteiger partial charge in [0.2, 0.25) is 0 Å². The third-order valence-electron chi connectivity index (χ3n) is 3.95. The fourth-order valence-corrected chi connectivity index (χ4v) is 4.82. The van der Waals surface area contributed by atoms with Crippen molar-refractivity contribution in [3.8, 4) is 0 Å². The van der Waals surface area contributed by atoms with E-state index in [0.29, 0.717) is 5.41 Å². The number of benzene rings is 1. The molecule has 0 saturated carbocycles. The molecule has 92 valence electrons. The molecule has 1 saturated heterocycles. The average molecular weight is 313 g/mol. The van der Waals surface area contributed by atoms with Gasteiger partial charge in [-0.3, -0.25) is 0 Å². The molecule has 0 N–H and O–H groups in total. The number of fused-ring (bicyclic) bond motifs is 1. The SMILES string of the molecule is BrCC1(CC2CSc3ccccc32)CCOC1. The Labute approximate surface area is 115 Å². The maximum atomic E-state index is 5.61. The molecule has 17 heavy (non-hydrogen) atoms. The summed E-state index contributed by atoms with van der Waals surface area (Å²) in [5.74, 6) is 1.96. The van der Waals surface area contributed by atoms with E-state index in [9.17, 15) is 0 Å².